The Balaban J connectivity index is 2.07. The third-order valence-electron chi connectivity index (χ3n) is 2.88. The second kappa shape index (κ2) is 5.74. The van der Waals surface area contributed by atoms with Crippen LogP contribution in [0.1, 0.15) is 18.4 Å². The number of anilines is 1. The summed E-state index contributed by atoms with van der Waals surface area (Å²) < 4.78 is 0. The molecule has 1 aromatic carbocycles. The fraction of sp³-hybridized carbons (Fsp3) is 0.417. The SMILES string of the molecule is N#Cc1cc([N+](=O)[O-])ccc1NCC1CCCS1. The molecule has 1 saturated heterocycles. The van der Waals surface area contributed by atoms with Crippen LogP contribution in [-0.4, -0.2) is 22.5 Å². The summed E-state index contributed by atoms with van der Waals surface area (Å²) in [5.74, 6) is 1.19. The highest BCUT2D eigenvalue weighted by Crippen LogP contribution is 2.27. The average Bonchev–Trinajstić information content (AvgIpc) is 2.89. The number of nitrogens with one attached hydrogen (secondary N) is 1. The molecule has 1 aromatic rings. The van der Waals surface area contributed by atoms with Crippen molar-refractivity contribution in [1.82, 2.24) is 0 Å². The monoisotopic (exact) mass is 263 g/mol. The maximum Gasteiger partial charge on any atom is 0.270 e. The fourth-order valence-corrected chi connectivity index (χ4v) is 3.12. The molecule has 1 aliphatic heterocycles. The molecule has 0 radical (unpaired) electrons. The van der Waals surface area contributed by atoms with Gasteiger partial charge in [-0.25, -0.2) is 0 Å². The molecule has 2 rings (SSSR count). The Morgan fingerprint density at radius 3 is 3.06 bits per heavy atom. The maximum atomic E-state index is 10.6. The summed E-state index contributed by atoms with van der Waals surface area (Å²) in [6, 6.07) is 6.33. The Labute approximate surface area is 109 Å². The normalized spacial score (nSPS) is 18.3. The predicted octanol–water partition coefficient (Wildman–Crippen LogP) is 2.77. The molecule has 1 fully saturated rings. The molecule has 1 atom stereocenters. The first kappa shape index (κ1) is 12.7. The van der Waals surface area contributed by atoms with Crippen molar-refractivity contribution in [1.29, 1.82) is 5.26 Å². The van der Waals surface area contributed by atoms with Gasteiger partial charge in [-0.05, 0) is 24.7 Å². The first-order chi connectivity index (χ1) is 8.70. The molecule has 0 amide bonds. The van der Waals surface area contributed by atoms with Crippen LogP contribution in [0.15, 0.2) is 18.2 Å². The van der Waals surface area contributed by atoms with Crippen LogP contribution in [0.25, 0.3) is 0 Å². The van der Waals surface area contributed by atoms with Gasteiger partial charge in [-0.3, -0.25) is 10.1 Å². The highest BCUT2D eigenvalue weighted by molar-refractivity contribution is 8.00. The van der Waals surface area contributed by atoms with Crippen molar-refractivity contribution in [2.75, 3.05) is 17.6 Å². The van der Waals surface area contributed by atoms with Gasteiger partial charge in [0.05, 0.1) is 16.2 Å². The molecule has 1 N–H and O–H groups in total. The number of rotatable bonds is 4. The highest BCUT2D eigenvalue weighted by Gasteiger charge is 2.16. The molecular weight excluding hydrogens is 250 g/mol. The van der Waals surface area contributed by atoms with Crippen molar-refractivity contribution in [3.63, 3.8) is 0 Å². The van der Waals surface area contributed by atoms with Gasteiger partial charge in [-0.1, -0.05) is 0 Å². The molecule has 0 aromatic heterocycles. The zero-order chi connectivity index (χ0) is 13.0. The van der Waals surface area contributed by atoms with Crippen LogP contribution < -0.4 is 5.32 Å². The summed E-state index contributed by atoms with van der Waals surface area (Å²) >= 11 is 1.93. The van der Waals surface area contributed by atoms with E-state index in [1.165, 1.54) is 30.7 Å². The number of nitro benzene ring substituents is 1. The molecule has 0 bridgehead atoms. The predicted molar refractivity (Wildman–Crippen MR) is 71.8 cm³/mol. The van der Waals surface area contributed by atoms with Crippen molar-refractivity contribution in [2.24, 2.45) is 0 Å². The van der Waals surface area contributed by atoms with Crippen LogP contribution in [0.2, 0.25) is 0 Å². The van der Waals surface area contributed by atoms with E-state index in [1.54, 1.807) is 6.07 Å². The minimum Gasteiger partial charge on any atom is -0.383 e. The maximum absolute atomic E-state index is 10.6. The van der Waals surface area contributed by atoms with Crippen LogP contribution >= 0.6 is 11.8 Å². The number of nitriles is 1. The van der Waals surface area contributed by atoms with E-state index < -0.39 is 4.92 Å². The summed E-state index contributed by atoms with van der Waals surface area (Å²) in [5.41, 5.74) is 0.954. The minimum atomic E-state index is -0.489. The van der Waals surface area contributed by atoms with Crippen molar-refractivity contribution < 1.29 is 4.92 Å². The molecule has 0 saturated carbocycles. The summed E-state index contributed by atoms with van der Waals surface area (Å²) in [7, 11) is 0. The van der Waals surface area contributed by atoms with Gasteiger partial charge in [0.15, 0.2) is 0 Å². The van der Waals surface area contributed by atoms with Gasteiger partial charge < -0.3 is 5.32 Å². The Bertz CT molecular complexity index is 493. The fourth-order valence-electron chi connectivity index (χ4n) is 1.92. The first-order valence-corrected chi connectivity index (χ1v) is 6.79. The van der Waals surface area contributed by atoms with Gasteiger partial charge in [0.25, 0.3) is 5.69 Å². The van der Waals surface area contributed by atoms with Crippen molar-refractivity contribution in [3.8, 4) is 6.07 Å². The van der Waals surface area contributed by atoms with Crippen molar-refractivity contribution >= 4 is 23.1 Å². The lowest BCUT2D eigenvalue weighted by atomic mass is 10.1. The number of benzene rings is 1. The van der Waals surface area contributed by atoms with E-state index in [9.17, 15) is 10.1 Å². The lowest BCUT2D eigenvalue weighted by Gasteiger charge is -2.12. The molecule has 6 heteroatoms. The van der Waals surface area contributed by atoms with Gasteiger partial charge in [-0.15, -0.1) is 0 Å². The van der Waals surface area contributed by atoms with Crippen molar-refractivity contribution in [2.45, 2.75) is 18.1 Å². The largest absolute Gasteiger partial charge is 0.383 e. The second-order valence-corrected chi connectivity index (χ2v) is 5.52. The Kier molecular flexibility index (Phi) is 4.05. The van der Waals surface area contributed by atoms with Crippen LogP contribution in [0.5, 0.6) is 0 Å². The van der Waals surface area contributed by atoms with E-state index in [4.69, 9.17) is 5.26 Å². The van der Waals surface area contributed by atoms with Gasteiger partial charge in [-0.2, -0.15) is 17.0 Å². The van der Waals surface area contributed by atoms with Gasteiger partial charge >= 0.3 is 0 Å². The summed E-state index contributed by atoms with van der Waals surface area (Å²) in [4.78, 5) is 10.1. The number of hydrogen-bond donors (Lipinski definition) is 1. The van der Waals surface area contributed by atoms with Gasteiger partial charge in [0.2, 0.25) is 0 Å². The quantitative estimate of drug-likeness (QED) is 0.667. The Hall–Kier alpha value is -1.74. The van der Waals surface area contributed by atoms with E-state index >= 15 is 0 Å². The molecule has 1 unspecified atom stereocenters. The van der Waals surface area contributed by atoms with E-state index in [0.717, 1.165) is 6.54 Å². The third-order valence-corrected chi connectivity index (χ3v) is 4.28. The number of nitro groups is 1. The topological polar surface area (TPSA) is 79.0 Å². The number of hydrogen-bond acceptors (Lipinski definition) is 5. The zero-order valence-corrected chi connectivity index (χ0v) is 10.6. The van der Waals surface area contributed by atoms with Crippen LogP contribution in [-0.2, 0) is 0 Å². The van der Waals surface area contributed by atoms with E-state index in [2.05, 4.69) is 5.32 Å². The van der Waals surface area contributed by atoms with Crippen LogP contribution in [0.4, 0.5) is 11.4 Å². The number of thioether (sulfide) groups is 1. The van der Waals surface area contributed by atoms with E-state index in [-0.39, 0.29) is 5.69 Å². The third kappa shape index (κ3) is 2.93. The van der Waals surface area contributed by atoms with Gasteiger partial charge in [0, 0.05) is 23.9 Å². The zero-order valence-electron chi connectivity index (χ0n) is 9.76. The first-order valence-electron chi connectivity index (χ1n) is 5.74. The molecule has 1 heterocycles. The molecule has 0 aliphatic carbocycles. The highest BCUT2D eigenvalue weighted by atomic mass is 32.2. The smallest absolute Gasteiger partial charge is 0.270 e. The van der Waals surface area contributed by atoms with Gasteiger partial charge in [0.1, 0.15) is 6.07 Å². The summed E-state index contributed by atoms with van der Waals surface area (Å²) in [6.45, 7) is 0.803. The standard InChI is InChI=1S/C12H13N3O2S/c13-7-9-6-10(15(16)17)3-4-12(9)14-8-11-2-1-5-18-11/h3-4,6,11,14H,1-2,5,8H2. The van der Waals surface area contributed by atoms with E-state index in [0.29, 0.717) is 16.5 Å². The van der Waals surface area contributed by atoms with Crippen LogP contribution in [0.3, 0.4) is 0 Å². The Morgan fingerprint density at radius 2 is 2.44 bits per heavy atom. The summed E-state index contributed by atoms with van der Waals surface area (Å²) in [5, 5.41) is 23.4. The molecular formula is C12H13N3O2S. The molecule has 94 valence electrons. The van der Waals surface area contributed by atoms with Crippen LogP contribution in [0, 0.1) is 21.4 Å². The summed E-state index contributed by atoms with van der Waals surface area (Å²) in [6.07, 6.45) is 2.43. The Morgan fingerprint density at radius 1 is 1.61 bits per heavy atom. The molecule has 0 spiro atoms. The molecule has 18 heavy (non-hydrogen) atoms. The lowest BCUT2D eigenvalue weighted by Crippen LogP contribution is -2.14. The lowest BCUT2D eigenvalue weighted by molar-refractivity contribution is -0.384. The number of nitrogens with zero attached hydrogens (tertiary/aromatic N) is 2. The molecule has 1 aliphatic rings. The van der Waals surface area contributed by atoms with E-state index in [1.807, 2.05) is 17.8 Å². The second-order valence-electron chi connectivity index (χ2n) is 4.11. The average molecular weight is 263 g/mol. The molecule has 5 nitrogen and oxygen atoms in total. The number of non-ortho nitro benzene ring substituents is 1. The van der Waals surface area contributed by atoms with Crippen molar-refractivity contribution in [3.05, 3.63) is 33.9 Å². The minimum absolute atomic E-state index is 0.0488.